The minimum absolute atomic E-state index is 0.251. The van der Waals surface area contributed by atoms with E-state index in [9.17, 15) is 0 Å². The first-order chi connectivity index (χ1) is 7.15. The molecule has 1 aromatic carbocycles. The van der Waals surface area contributed by atoms with Gasteiger partial charge in [-0.3, -0.25) is 0 Å². The smallest absolute Gasteiger partial charge is 0.00489 e. The van der Waals surface area contributed by atoms with Crippen LogP contribution >= 0.6 is 0 Å². The van der Waals surface area contributed by atoms with Gasteiger partial charge in [-0.25, -0.2) is 0 Å². The molecule has 0 heterocycles. The van der Waals surface area contributed by atoms with Crippen molar-refractivity contribution < 1.29 is 0 Å². The second-order valence-electron chi connectivity index (χ2n) is 3.90. The van der Waals surface area contributed by atoms with Gasteiger partial charge in [0, 0.05) is 5.92 Å². The van der Waals surface area contributed by atoms with Gasteiger partial charge in [0.15, 0.2) is 0 Å². The number of rotatable bonds is 3. The van der Waals surface area contributed by atoms with Gasteiger partial charge >= 0.3 is 0 Å². The van der Waals surface area contributed by atoms with E-state index in [1.54, 1.807) is 0 Å². The molecular formula is C15H19. The minimum Gasteiger partial charge on any atom is -0.0877 e. The Bertz CT molecular complexity index is 369. The molecule has 0 saturated heterocycles. The number of aryl methyl sites for hydroxylation is 1. The maximum Gasteiger partial charge on any atom is 0.00489 e. The first-order valence-corrected chi connectivity index (χ1v) is 5.34. The number of hydrogen-bond acceptors (Lipinski definition) is 0. The van der Waals surface area contributed by atoms with E-state index in [-0.39, 0.29) is 5.92 Å². The molecule has 15 heavy (non-hydrogen) atoms. The van der Waals surface area contributed by atoms with Crippen molar-refractivity contribution in [1.82, 2.24) is 0 Å². The molecule has 0 fully saturated rings. The second kappa shape index (κ2) is 5.55. The Kier molecular flexibility index (Phi) is 4.36. The van der Waals surface area contributed by atoms with Crippen molar-refractivity contribution in [3.8, 4) is 0 Å². The van der Waals surface area contributed by atoms with Gasteiger partial charge in [-0.2, -0.15) is 0 Å². The molecule has 0 aromatic heterocycles. The fourth-order valence-electron chi connectivity index (χ4n) is 1.51. The van der Waals surface area contributed by atoms with Crippen molar-refractivity contribution in [2.24, 2.45) is 0 Å². The molecule has 1 atom stereocenters. The van der Waals surface area contributed by atoms with Crippen molar-refractivity contribution in [3.05, 3.63) is 66.1 Å². The maximum absolute atomic E-state index is 4.20. The summed E-state index contributed by atoms with van der Waals surface area (Å²) in [5.74, 6) is 0.251. The van der Waals surface area contributed by atoms with E-state index in [2.05, 4.69) is 57.2 Å². The largest absolute Gasteiger partial charge is 0.0877 e. The summed E-state index contributed by atoms with van der Waals surface area (Å²) in [6.07, 6.45) is 6.22. The minimum atomic E-state index is 0.251. The standard InChI is InChI=1S/C15H19/c1-5-6-9-13(3)14(4)15-10-7-8-12(2)11-15/h5-11,14H,4H2,1-3H3/b6-5-,13-9+. The molecule has 0 saturated carbocycles. The lowest BCUT2D eigenvalue weighted by molar-refractivity contribution is 0.984. The Morgan fingerprint density at radius 1 is 1.40 bits per heavy atom. The normalized spacial score (nSPS) is 14.5. The number of benzene rings is 1. The first kappa shape index (κ1) is 11.8. The van der Waals surface area contributed by atoms with E-state index in [1.807, 2.05) is 13.0 Å². The van der Waals surface area contributed by atoms with Gasteiger partial charge in [0.2, 0.25) is 0 Å². The molecule has 0 bridgehead atoms. The van der Waals surface area contributed by atoms with Gasteiger partial charge in [0.1, 0.15) is 0 Å². The Morgan fingerprint density at radius 2 is 2.13 bits per heavy atom. The average molecular weight is 199 g/mol. The van der Waals surface area contributed by atoms with Gasteiger partial charge in [-0.1, -0.05) is 53.6 Å². The Morgan fingerprint density at radius 3 is 2.73 bits per heavy atom. The van der Waals surface area contributed by atoms with E-state index in [0.29, 0.717) is 0 Å². The molecule has 1 aromatic rings. The zero-order chi connectivity index (χ0) is 11.3. The van der Waals surface area contributed by atoms with Crippen molar-refractivity contribution in [3.63, 3.8) is 0 Å². The highest BCUT2D eigenvalue weighted by Gasteiger charge is 2.06. The van der Waals surface area contributed by atoms with E-state index >= 15 is 0 Å². The van der Waals surface area contributed by atoms with Crippen LogP contribution in [0.2, 0.25) is 0 Å². The summed E-state index contributed by atoms with van der Waals surface area (Å²) in [4.78, 5) is 0. The van der Waals surface area contributed by atoms with Gasteiger partial charge in [0.25, 0.3) is 0 Å². The van der Waals surface area contributed by atoms with Crippen LogP contribution in [0.15, 0.2) is 48.1 Å². The molecule has 0 nitrogen and oxygen atoms in total. The van der Waals surface area contributed by atoms with Crippen molar-refractivity contribution in [1.29, 1.82) is 0 Å². The van der Waals surface area contributed by atoms with Crippen LogP contribution in [-0.4, -0.2) is 0 Å². The highest BCUT2D eigenvalue weighted by atomic mass is 14.1. The lowest BCUT2D eigenvalue weighted by Gasteiger charge is -2.12. The quantitative estimate of drug-likeness (QED) is 0.631. The maximum atomic E-state index is 4.20. The van der Waals surface area contributed by atoms with Crippen LogP contribution in [0.5, 0.6) is 0 Å². The summed E-state index contributed by atoms with van der Waals surface area (Å²) < 4.78 is 0. The molecule has 1 radical (unpaired) electrons. The summed E-state index contributed by atoms with van der Waals surface area (Å²) in [6, 6.07) is 8.54. The molecule has 1 unspecified atom stereocenters. The number of allylic oxidation sites excluding steroid dienone is 4. The monoisotopic (exact) mass is 199 g/mol. The zero-order valence-corrected chi connectivity index (χ0v) is 9.83. The molecule has 0 amide bonds. The Labute approximate surface area is 93.3 Å². The summed E-state index contributed by atoms with van der Waals surface area (Å²) >= 11 is 0. The van der Waals surface area contributed by atoms with E-state index in [4.69, 9.17) is 0 Å². The molecule has 1 rings (SSSR count). The summed E-state index contributed by atoms with van der Waals surface area (Å²) in [6.45, 7) is 10.5. The van der Waals surface area contributed by atoms with Crippen molar-refractivity contribution in [2.45, 2.75) is 26.7 Å². The van der Waals surface area contributed by atoms with E-state index in [0.717, 1.165) is 0 Å². The van der Waals surface area contributed by atoms with Crippen LogP contribution in [0, 0.1) is 13.8 Å². The predicted molar refractivity (Wildman–Crippen MR) is 67.8 cm³/mol. The highest BCUT2D eigenvalue weighted by Crippen LogP contribution is 2.23. The summed E-state index contributed by atoms with van der Waals surface area (Å²) in [5.41, 5.74) is 3.87. The Hall–Kier alpha value is -1.30. The third kappa shape index (κ3) is 3.39. The van der Waals surface area contributed by atoms with Crippen LogP contribution in [0.3, 0.4) is 0 Å². The molecule has 0 aliphatic carbocycles. The lowest BCUT2D eigenvalue weighted by atomic mass is 9.92. The van der Waals surface area contributed by atoms with Gasteiger partial charge in [-0.15, -0.1) is 0 Å². The summed E-state index contributed by atoms with van der Waals surface area (Å²) in [7, 11) is 0. The first-order valence-electron chi connectivity index (χ1n) is 5.34. The zero-order valence-electron chi connectivity index (χ0n) is 9.83. The van der Waals surface area contributed by atoms with E-state index in [1.165, 1.54) is 16.7 Å². The van der Waals surface area contributed by atoms with Crippen LogP contribution in [0.25, 0.3) is 0 Å². The van der Waals surface area contributed by atoms with E-state index < -0.39 is 0 Å². The number of hydrogen-bond donors (Lipinski definition) is 0. The fraction of sp³-hybridized carbons (Fsp3) is 0.267. The van der Waals surface area contributed by atoms with Crippen LogP contribution in [-0.2, 0) is 0 Å². The highest BCUT2D eigenvalue weighted by molar-refractivity contribution is 5.33. The molecule has 0 heteroatoms. The average Bonchev–Trinajstić information content (AvgIpc) is 2.24. The van der Waals surface area contributed by atoms with Crippen molar-refractivity contribution >= 4 is 0 Å². The van der Waals surface area contributed by atoms with Crippen molar-refractivity contribution in [2.75, 3.05) is 0 Å². The fourth-order valence-corrected chi connectivity index (χ4v) is 1.51. The molecule has 0 aliphatic rings. The molecule has 0 aliphatic heterocycles. The third-order valence-electron chi connectivity index (χ3n) is 2.55. The molecular weight excluding hydrogens is 180 g/mol. The molecule has 0 spiro atoms. The van der Waals surface area contributed by atoms with Gasteiger partial charge in [-0.05, 0) is 33.3 Å². The second-order valence-corrected chi connectivity index (χ2v) is 3.90. The Balaban J connectivity index is 2.89. The van der Waals surface area contributed by atoms with Gasteiger partial charge < -0.3 is 0 Å². The lowest BCUT2D eigenvalue weighted by Crippen LogP contribution is -1.95. The van der Waals surface area contributed by atoms with Crippen LogP contribution < -0.4 is 0 Å². The van der Waals surface area contributed by atoms with Crippen LogP contribution in [0.1, 0.15) is 30.9 Å². The SMILES string of the molecule is [CH2]C(/C(C)=C/C=C\C)c1cccc(C)c1. The molecule has 0 N–H and O–H groups in total. The summed E-state index contributed by atoms with van der Waals surface area (Å²) in [5, 5.41) is 0. The van der Waals surface area contributed by atoms with Crippen LogP contribution in [0.4, 0.5) is 0 Å². The molecule has 79 valence electrons. The van der Waals surface area contributed by atoms with Gasteiger partial charge in [0.05, 0.1) is 0 Å². The topological polar surface area (TPSA) is 0 Å². The third-order valence-corrected chi connectivity index (χ3v) is 2.55. The predicted octanol–water partition coefficient (Wildman–Crippen LogP) is 4.44.